The fourth-order valence-electron chi connectivity index (χ4n) is 2.87. The Kier molecular flexibility index (Phi) is 4.64. The maximum Gasteiger partial charge on any atom is 0.278 e. The van der Waals surface area contributed by atoms with Gasteiger partial charge in [0.05, 0.1) is 5.57 Å². The van der Waals surface area contributed by atoms with Crippen molar-refractivity contribution in [2.75, 3.05) is 11.9 Å². The Bertz CT molecular complexity index is 885. The Hall–Kier alpha value is -2.59. The van der Waals surface area contributed by atoms with Crippen LogP contribution in [0.1, 0.15) is 23.6 Å². The van der Waals surface area contributed by atoms with Gasteiger partial charge < -0.3 is 5.32 Å². The zero-order valence-electron chi connectivity index (χ0n) is 14.4. The van der Waals surface area contributed by atoms with Crippen LogP contribution in [0.25, 0.3) is 5.57 Å². The monoisotopic (exact) mass is 354 g/mol. The minimum atomic E-state index is -0.308. The number of hydrogen-bond acceptors (Lipinski definition) is 3. The van der Waals surface area contributed by atoms with Gasteiger partial charge in [-0.15, -0.1) is 0 Å². The van der Waals surface area contributed by atoms with E-state index in [2.05, 4.69) is 5.32 Å². The van der Waals surface area contributed by atoms with Gasteiger partial charge in [-0.1, -0.05) is 41.4 Å². The number of amides is 2. The molecule has 0 unspecified atom stereocenters. The second-order valence-electron chi connectivity index (χ2n) is 6.05. The van der Waals surface area contributed by atoms with Crippen molar-refractivity contribution in [3.05, 3.63) is 69.9 Å². The Balaban J connectivity index is 2.10. The fourth-order valence-corrected chi connectivity index (χ4v) is 3.10. The lowest BCUT2D eigenvalue weighted by atomic mass is 10.0. The lowest BCUT2D eigenvalue weighted by Crippen LogP contribution is -2.32. The summed E-state index contributed by atoms with van der Waals surface area (Å²) in [5.74, 6) is -0.581. The predicted octanol–water partition coefficient (Wildman–Crippen LogP) is 4.17. The first-order valence-corrected chi connectivity index (χ1v) is 8.51. The quantitative estimate of drug-likeness (QED) is 0.838. The van der Waals surface area contributed by atoms with Crippen molar-refractivity contribution < 1.29 is 9.59 Å². The number of halogens is 1. The third kappa shape index (κ3) is 3.17. The van der Waals surface area contributed by atoms with Gasteiger partial charge in [0, 0.05) is 17.3 Å². The predicted molar refractivity (Wildman–Crippen MR) is 100 cm³/mol. The van der Waals surface area contributed by atoms with Gasteiger partial charge in [0.2, 0.25) is 0 Å². The molecule has 0 aliphatic carbocycles. The summed E-state index contributed by atoms with van der Waals surface area (Å²) in [6.45, 7) is 6.00. The van der Waals surface area contributed by atoms with Crippen LogP contribution in [0.5, 0.6) is 0 Å². The Labute approximate surface area is 152 Å². The van der Waals surface area contributed by atoms with E-state index in [0.717, 1.165) is 22.4 Å². The molecule has 0 bridgehead atoms. The second kappa shape index (κ2) is 6.73. The van der Waals surface area contributed by atoms with E-state index < -0.39 is 0 Å². The van der Waals surface area contributed by atoms with Crippen molar-refractivity contribution in [1.29, 1.82) is 0 Å². The molecule has 3 rings (SSSR count). The molecule has 2 aromatic rings. The van der Waals surface area contributed by atoms with Crippen LogP contribution < -0.4 is 5.32 Å². The van der Waals surface area contributed by atoms with E-state index >= 15 is 0 Å². The van der Waals surface area contributed by atoms with Gasteiger partial charge in [-0.3, -0.25) is 14.5 Å². The average molecular weight is 355 g/mol. The largest absolute Gasteiger partial charge is 0.350 e. The highest BCUT2D eigenvalue weighted by Gasteiger charge is 2.38. The third-order valence-corrected chi connectivity index (χ3v) is 4.51. The van der Waals surface area contributed by atoms with Crippen LogP contribution in [-0.2, 0) is 9.59 Å². The molecule has 0 saturated heterocycles. The fraction of sp³-hybridized carbons (Fsp3) is 0.200. The van der Waals surface area contributed by atoms with E-state index in [0.29, 0.717) is 22.8 Å². The van der Waals surface area contributed by atoms with Crippen molar-refractivity contribution in [3.8, 4) is 0 Å². The molecule has 128 valence electrons. The van der Waals surface area contributed by atoms with Gasteiger partial charge in [0.1, 0.15) is 5.70 Å². The van der Waals surface area contributed by atoms with Gasteiger partial charge in [0.25, 0.3) is 11.8 Å². The van der Waals surface area contributed by atoms with Crippen molar-refractivity contribution in [3.63, 3.8) is 0 Å². The van der Waals surface area contributed by atoms with E-state index in [4.69, 9.17) is 11.6 Å². The molecule has 0 radical (unpaired) electrons. The number of nitrogens with one attached hydrogen (secondary N) is 1. The molecule has 5 heteroatoms. The molecule has 4 nitrogen and oxygen atoms in total. The molecule has 0 fully saturated rings. The van der Waals surface area contributed by atoms with Crippen LogP contribution in [0.15, 0.2) is 48.2 Å². The van der Waals surface area contributed by atoms with E-state index in [1.54, 1.807) is 13.0 Å². The van der Waals surface area contributed by atoms with Crippen LogP contribution in [0.3, 0.4) is 0 Å². The van der Waals surface area contributed by atoms with Crippen molar-refractivity contribution in [2.45, 2.75) is 20.8 Å². The molecular formula is C20H19ClN2O2. The maximum absolute atomic E-state index is 12.8. The Morgan fingerprint density at radius 3 is 2.28 bits per heavy atom. The molecule has 2 amide bonds. The van der Waals surface area contributed by atoms with Crippen LogP contribution in [0, 0.1) is 13.8 Å². The lowest BCUT2D eigenvalue weighted by Gasteiger charge is -2.13. The summed E-state index contributed by atoms with van der Waals surface area (Å²) in [6, 6.07) is 13.0. The van der Waals surface area contributed by atoms with E-state index in [-0.39, 0.29) is 11.8 Å². The average Bonchev–Trinajstić information content (AvgIpc) is 2.81. The Morgan fingerprint density at radius 2 is 1.68 bits per heavy atom. The molecule has 1 aliphatic heterocycles. The number of rotatable bonds is 4. The molecule has 25 heavy (non-hydrogen) atoms. The zero-order valence-corrected chi connectivity index (χ0v) is 15.1. The van der Waals surface area contributed by atoms with E-state index in [1.807, 2.05) is 50.2 Å². The summed E-state index contributed by atoms with van der Waals surface area (Å²) < 4.78 is 0. The lowest BCUT2D eigenvalue weighted by molar-refractivity contribution is -0.136. The van der Waals surface area contributed by atoms with Crippen LogP contribution in [0.4, 0.5) is 5.69 Å². The number of hydrogen-bond donors (Lipinski definition) is 1. The molecule has 1 heterocycles. The number of anilines is 1. The van der Waals surface area contributed by atoms with E-state index in [1.165, 1.54) is 4.90 Å². The first-order valence-electron chi connectivity index (χ1n) is 8.13. The molecule has 0 saturated carbocycles. The highest BCUT2D eigenvalue weighted by molar-refractivity contribution is 6.36. The molecule has 2 aromatic carbocycles. The summed E-state index contributed by atoms with van der Waals surface area (Å²) in [5.41, 5.74) is 4.19. The van der Waals surface area contributed by atoms with Gasteiger partial charge >= 0.3 is 0 Å². The maximum atomic E-state index is 12.8. The summed E-state index contributed by atoms with van der Waals surface area (Å²) in [6.07, 6.45) is 0. The number of benzene rings is 2. The number of carbonyl (C=O) groups is 2. The number of imide groups is 1. The van der Waals surface area contributed by atoms with E-state index in [9.17, 15) is 9.59 Å². The minimum Gasteiger partial charge on any atom is -0.350 e. The molecule has 0 aromatic heterocycles. The van der Waals surface area contributed by atoms with Gasteiger partial charge in [-0.05, 0) is 50.1 Å². The highest BCUT2D eigenvalue weighted by Crippen LogP contribution is 2.31. The molecule has 0 atom stereocenters. The Morgan fingerprint density at radius 1 is 1.00 bits per heavy atom. The van der Waals surface area contributed by atoms with Gasteiger partial charge in [0.15, 0.2) is 0 Å². The first kappa shape index (κ1) is 17.2. The normalized spacial score (nSPS) is 14.5. The highest BCUT2D eigenvalue weighted by atomic mass is 35.5. The van der Waals surface area contributed by atoms with Crippen LogP contribution >= 0.6 is 11.6 Å². The smallest absolute Gasteiger partial charge is 0.278 e. The number of carbonyl (C=O) groups excluding carboxylic acids is 2. The molecule has 1 aliphatic rings. The molecule has 0 spiro atoms. The first-order chi connectivity index (χ1) is 11.9. The molecular weight excluding hydrogens is 336 g/mol. The topological polar surface area (TPSA) is 49.4 Å². The zero-order chi connectivity index (χ0) is 18.1. The third-order valence-electron chi connectivity index (χ3n) is 4.27. The number of nitrogens with zero attached hydrogens (tertiary/aromatic N) is 1. The summed E-state index contributed by atoms with van der Waals surface area (Å²) in [4.78, 5) is 26.7. The van der Waals surface area contributed by atoms with Gasteiger partial charge in [-0.25, -0.2) is 0 Å². The summed E-state index contributed by atoms with van der Waals surface area (Å²) in [7, 11) is 0. The van der Waals surface area contributed by atoms with Crippen molar-refractivity contribution in [1.82, 2.24) is 4.90 Å². The number of likely N-dealkylation sites (N-methyl/N-ethyl adjacent to an activating group) is 1. The molecule has 1 N–H and O–H groups in total. The summed E-state index contributed by atoms with van der Waals surface area (Å²) >= 11 is 6.00. The van der Waals surface area contributed by atoms with Crippen molar-refractivity contribution in [2.24, 2.45) is 0 Å². The number of aryl methyl sites for hydroxylation is 2. The standard InChI is InChI=1S/C20H19ClN2O2/c1-4-23-19(24)17(14-7-5-12(2)6-8-14)18(20(23)25)22-16-10-9-15(21)11-13(16)3/h5-11,22H,4H2,1-3H3. The SMILES string of the molecule is CCN1C(=O)C(Nc2ccc(Cl)cc2C)=C(c2ccc(C)cc2)C1=O. The van der Waals surface area contributed by atoms with Crippen LogP contribution in [0.2, 0.25) is 5.02 Å². The second-order valence-corrected chi connectivity index (χ2v) is 6.49. The van der Waals surface area contributed by atoms with Crippen molar-refractivity contribution >= 4 is 34.7 Å². The van der Waals surface area contributed by atoms with Gasteiger partial charge in [-0.2, -0.15) is 0 Å². The summed E-state index contributed by atoms with van der Waals surface area (Å²) in [5, 5.41) is 3.78. The minimum absolute atomic E-state index is 0.273. The van der Waals surface area contributed by atoms with Crippen LogP contribution in [-0.4, -0.2) is 23.3 Å².